The Hall–Kier alpha value is -1.03. The van der Waals surface area contributed by atoms with Gasteiger partial charge in [0.2, 0.25) is 0 Å². The Balaban J connectivity index is 2.45. The van der Waals surface area contributed by atoms with Crippen LogP contribution in [0.2, 0.25) is 0 Å². The van der Waals surface area contributed by atoms with Crippen LogP contribution in [-0.4, -0.2) is 16.8 Å². The quantitative estimate of drug-likeness (QED) is 0.548. The third kappa shape index (κ3) is 3.46. The Morgan fingerprint density at radius 3 is 2.77 bits per heavy atom. The number of carbonyl (C=O) groups excluding carboxylic acids is 1. The number of hydrogen-bond donors (Lipinski definition) is 0. The Kier molecular flexibility index (Phi) is 3.76. The summed E-state index contributed by atoms with van der Waals surface area (Å²) in [6, 6.07) is 6.40. The van der Waals surface area contributed by atoms with E-state index in [1.807, 2.05) is 0 Å². The van der Waals surface area contributed by atoms with Gasteiger partial charge in [0, 0.05) is 15.4 Å². The summed E-state index contributed by atoms with van der Waals surface area (Å²) in [4.78, 5) is 10.8. The van der Waals surface area contributed by atoms with Crippen LogP contribution in [0.1, 0.15) is 6.42 Å². The maximum Gasteiger partial charge on any atom is 0.516 e. The normalized spacial score (nSPS) is 9.92. The fourth-order valence-corrected chi connectivity index (χ4v) is 1.70. The van der Waals surface area contributed by atoms with Crippen molar-refractivity contribution in [2.75, 3.05) is 5.75 Å². The van der Waals surface area contributed by atoms with E-state index in [2.05, 4.69) is 0 Å². The van der Waals surface area contributed by atoms with Crippen LogP contribution in [0.3, 0.4) is 0 Å². The van der Waals surface area contributed by atoms with Gasteiger partial charge >= 0.3 is 5.97 Å². The van der Waals surface area contributed by atoms with Gasteiger partial charge < -0.3 is 5.11 Å². The monoisotopic (exact) mass is 201 g/mol. The fraction of sp³-hybridized carbons (Fsp3) is 0.222. The van der Waals surface area contributed by atoms with Crippen molar-refractivity contribution in [1.29, 1.82) is 0 Å². The molecule has 1 aromatic carbocycles. The second kappa shape index (κ2) is 4.87. The van der Waals surface area contributed by atoms with E-state index in [0.29, 0.717) is 10.6 Å². The first kappa shape index (κ1) is 10.1. The van der Waals surface area contributed by atoms with Crippen molar-refractivity contribution in [1.82, 2.24) is 0 Å². The van der Waals surface area contributed by atoms with Crippen molar-refractivity contribution < 1.29 is 14.3 Å². The zero-order valence-electron chi connectivity index (χ0n) is 6.92. The van der Waals surface area contributed by atoms with Crippen molar-refractivity contribution in [3.8, 4) is 0 Å². The van der Waals surface area contributed by atoms with Crippen LogP contribution < -0.4 is 0 Å². The highest BCUT2D eigenvalue weighted by Gasteiger charge is 2.07. The van der Waals surface area contributed by atoms with E-state index in [1.54, 1.807) is 18.2 Å². The van der Waals surface area contributed by atoms with E-state index in [0.717, 1.165) is 0 Å². The summed E-state index contributed by atoms with van der Waals surface area (Å²) in [7, 11) is 0. The molecule has 0 atom stereocenters. The molecule has 0 fully saturated rings. The first-order valence-corrected chi connectivity index (χ1v) is 4.80. The van der Waals surface area contributed by atoms with E-state index in [1.165, 1.54) is 17.8 Å². The summed E-state index contributed by atoms with van der Waals surface area (Å²) < 4.78 is 13.0. The lowest BCUT2D eigenvalue weighted by atomic mass is 10.3. The van der Waals surface area contributed by atoms with Gasteiger partial charge in [-0.1, -0.05) is 12.1 Å². The first-order chi connectivity index (χ1) is 6.20. The Morgan fingerprint density at radius 2 is 2.15 bits per heavy atom. The molecule has 2 N–H and O–H groups in total. The van der Waals surface area contributed by atoms with E-state index in [4.69, 9.17) is 5.11 Å². The molecular formula is C9H10FO2S+. The third-order valence-corrected chi connectivity index (χ3v) is 2.47. The van der Waals surface area contributed by atoms with Gasteiger partial charge in [-0.25, -0.2) is 4.39 Å². The van der Waals surface area contributed by atoms with Crippen LogP contribution in [0.5, 0.6) is 0 Å². The molecule has 0 heterocycles. The Morgan fingerprint density at radius 1 is 1.46 bits per heavy atom. The van der Waals surface area contributed by atoms with E-state index in [-0.39, 0.29) is 12.2 Å². The molecule has 70 valence electrons. The number of halogens is 1. The lowest BCUT2D eigenvalue weighted by molar-refractivity contribution is -0.136. The number of benzene rings is 1. The third-order valence-electron chi connectivity index (χ3n) is 1.42. The molecule has 0 aliphatic carbocycles. The van der Waals surface area contributed by atoms with Crippen LogP contribution in [0, 0.1) is 5.82 Å². The number of carbonyl (C=O) groups is 1. The Bertz CT molecular complexity index is 301. The first-order valence-electron chi connectivity index (χ1n) is 3.82. The average Bonchev–Trinajstić information content (AvgIpc) is 2.08. The second-order valence-electron chi connectivity index (χ2n) is 2.45. The summed E-state index contributed by atoms with van der Waals surface area (Å²) in [5.74, 6) is -0.419. The fourth-order valence-electron chi connectivity index (χ4n) is 0.815. The van der Waals surface area contributed by atoms with Crippen molar-refractivity contribution in [3.63, 3.8) is 0 Å². The molecule has 1 rings (SSSR count). The molecule has 0 saturated heterocycles. The molecule has 13 heavy (non-hydrogen) atoms. The van der Waals surface area contributed by atoms with E-state index >= 15 is 0 Å². The molecule has 0 unspecified atom stereocenters. The SMILES string of the molecule is O=C([OH2+])CCSc1ccccc1F. The Labute approximate surface area is 79.8 Å². The topological polar surface area (TPSA) is 40.0 Å². The summed E-state index contributed by atoms with van der Waals surface area (Å²) >= 11 is 1.26. The molecule has 0 saturated carbocycles. The molecule has 0 aliphatic rings. The van der Waals surface area contributed by atoms with Crippen molar-refractivity contribution >= 4 is 17.7 Å². The number of thioether (sulfide) groups is 1. The van der Waals surface area contributed by atoms with Crippen LogP contribution in [-0.2, 0) is 4.79 Å². The summed E-state index contributed by atoms with van der Waals surface area (Å²) in [6.07, 6.45) is 0.166. The number of rotatable bonds is 4. The van der Waals surface area contributed by atoms with Gasteiger partial charge in [-0.15, -0.1) is 11.8 Å². The van der Waals surface area contributed by atoms with Gasteiger partial charge in [-0.3, -0.25) is 0 Å². The minimum atomic E-state index is -0.608. The van der Waals surface area contributed by atoms with Gasteiger partial charge in [0.15, 0.2) is 0 Å². The van der Waals surface area contributed by atoms with Gasteiger partial charge in [-0.05, 0) is 12.1 Å². The molecule has 0 amide bonds. The molecule has 1 aromatic rings. The predicted molar refractivity (Wildman–Crippen MR) is 50.4 cm³/mol. The van der Waals surface area contributed by atoms with Crippen LogP contribution in [0.4, 0.5) is 4.39 Å². The van der Waals surface area contributed by atoms with Crippen molar-refractivity contribution in [2.45, 2.75) is 11.3 Å². The molecule has 0 spiro atoms. The van der Waals surface area contributed by atoms with Crippen molar-refractivity contribution in [3.05, 3.63) is 30.1 Å². The van der Waals surface area contributed by atoms with Gasteiger partial charge in [0.05, 0.1) is 0 Å². The standard InChI is InChI=1S/C9H9FO2S/c10-7-3-1-2-4-8(7)13-6-5-9(11)12/h1-4H,5-6H2,(H,11,12)/p+1. The van der Waals surface area contributed by atoms with Gasteiger partial charge in [0.25, 0.3) is 0 Å². The average molecular weight is 201 g/mol. The predicted octanol–water partition coefficient (Wildman–Crippen LogP) is 1.56. The van der Waals surface area contributed by atoms with Crippen molar-refractivity contribution in [2.24, 2.45) is 0 Å². The zero-order valence-corrected chi connectivity index (χ0v) is 7.73. The highest BCUT2D eigenvalue weighted by Crippen LogP contribution is 2.21. The molecule has 4 heteroatoms. The maximum atomic E-state index is 13.0. The summed E-state index contributed by atoms with van der Waals surface area (Å²) in [6.45, 7) is 0. The van der Waals surface area contributed by atoms with Gasteiger partial charge in [0.1, 0.15) is 12.2 Å². The summed E-state index contributed by atoms with van der Waals surface area (Å²) in [5, 5.41) is 6.65. The largest absolute Gasteiger partial charge is 0.565 e. The molecular weight excluding hydrogens is 191 g/mol. The van der Waals surface area contributed by atoms with Gasteiger partial charge in [-0.2, -0.15) is 0 Å². The molecule has 0 radical (unpaired) electrons. The van der Waals surface area contributed by atoms with E-state index < -0.39 is 5.97 Å². The van der Waals surface area contributed by atoms with E-state index in [9.17, 15) is 9.18 Å². The summed E-state index contributed by atoms with van der Waals surface area (Å²) in [5.41, 5.74) is 0. The van der Waals surface area contributed by atoms with Crippen LogP contribution in [0.15, 0.2) is 29.2 Å². The highest BCUT2D eigenvalue weighted by atomic mass is 32.2. The number of hydrogen-bond acceptors (Lipinski definition) is 2. The molecule has 2 nitrogen and oxygen atoms in total. The lowest BCUT2D eigenvalue weighted by Gasteiger charge is -1.98. The zero-order chi connectivity index (χ0) is 9.68. The smallest absolute Gasteiger partial charge is 0.516 e. The minimum absolute atomic E-state index is 0.166. The molecule has 0 aromatic heterocycles. The maximum absolute atomic E-state index is 13.0. The highest BCUT2D eigenvalue weighted by molar-refractivity contribution is 7.99. The minimum Gasteiger partial charge on any atom is -0.565 e. The van der Waals surface area contributed by atoms with Crippen LogP contribution in [0.25, 0.3) is 0 Å². The lowest BCUT2D eigenvalue weighted by Crippen LogP contribution is -1.96. The molecule has 0 bridgehead atoms. The van der Waals surface area contributed by atoms with Crippen LogP contribution >= 0.6 is 11.8 Å². The molecule has 0 aliphatic heterocycles. The second-order valence-corrected chi connectivity index (χ2v) is 3.59.